The van der Waals surface area contributed by atoms with E-state index in [0.717, 1.165) is 62.2 Å². The first-order valence-electron chi connectivity index (χ1n) is 9.91. The topological polar surface area (TPSA) is 37.2 Å². The lowest BCUT2D eigenvalue weighted by molar-refractivity contribution is 0.254. The Morgan fingerprint density at radius 2 is 1.46 bits per heavy atom. The lowest BCUT2D eigenvalue weighted by atomic mass is 10.2. The maximum Gasteiger partial charge on any atom is 0.195 e. The second kappa shape index (κ2) is 9.26. The number of para-hydroxylation sites is 2. The van der Waals surface area contributed by atoms with Crippen molar-refractivity contribution in [2.24, 2.45) is 0 Å². The molecule has 0 atom stereocenters. The van der Waals surface area contributed by atoms with Crippen molar-refractivity contribution in [3.8, 4) is 5.69 Å². The predicted molar refractivity (Wildman–Crippen MR) is 117 cm³/mol. The van der Waals surface area contributed by atoms with Gasteiger partial charge in [0.15, 0.2) is 5.16 Å². The normalized spacial score (nSPS) is 15.1. The van der Waals surface area contributed by atoms with Crippen molar-refractivity contribution in [3.05, 3.63) is 66.5 Å². The number of anilines is 1. The van der Waals surface area contributed by atoms with Crippen LogP contribution in [0, 0.1) is 0 Å². The Hall–Kier alpha value is -2.31. The largest absolute Gasteiger partial charge is 0.369 e. The van der Waals surface area contributed by atoms with Crippen LogP contribution in [-0.4, -0.2) is 58.6 Å². The molecule has 0 radical (unpaired) electrons. The molecule has 6 heteroatoms. The molecule has 3 aromatic rings. The molecule has 2 heterocycles. The molecule has 1 aliphatic rings. The van der Waals surface area contributed by atoms with E-state index in [-0.39, 0.29) is 0 Å². The molecule has 1 aliphatic heterocycles. The van der Waals surface area contributed by atoms with Crippen LogP contribution in [-0.2, 0) is 6.42 Å². The van der Waals surface area contributed by atoms with Gasteiger partial charge in [-0.3, -0.25) is 9.47 Å². The fourth-order valence-corrected chi connectivity index (χ4v) is 4.28. The molecular weight excluding hydrogens is 366 g/mol. The monoisotopic (exact) mass is 393 g/mol. The standard InChI is InChI=1S/C22H27N5S/c1-28-22-24-23-21(27(22)20-11-6-3-7-12-20)13-8-14-25-15-17-26(18-16-25)19-9-4-2-5-10-19/h2-7,9-12H,8,13-18H2,1H3. The molecule has 2 aromatic carbocycles. The number of aromatic nitrogens is 3. The molecule has 1 fully saturated rings. The summed E-state index contributed by atoms with van der Waals surface area (Å²) in [5.41, 5.74) is 2.48. The van der Waals surface area contributed by atoms with E-state index < -0.39 is 0 Å². The van der Waals surface area contributed by atoms with Gasteiger partial charge in [-0.1, -0.05) is 48.2 Å². The van der Waals surface area contributed by atoms with Gasteiger partial charge in [0, 0.05) is 44.0 Å². The summed E-state index contributed by atoms with van der Waals surface area (Å²) < 4.78 is 2.19. The van der Waals surface area contributed by atoms with E-state index in [2.05, 4.69) is 85.4 Å². The average Bonchev–Trinajstić information content (AvgIpc) is 3.18. The van der Waals surface area contributed by atoms with Gasteiger partial charge in [-0.2, -0.15) is 0 Å². The molecule has 4 rings (SSSR count). The average molecular weight is 394 g/mol. The van der Waals surface area contributed by atoms with Crippen molar-refractivity contribution in [2.45, 2.75) is 18.0 Å². The third kappa shape index (κ3) is 4.39. The fourth-order valence-electron chi connectivity index (χ4n) is 3.76. The minimum Gasteiger partial charge on any atom is -0.369 e. The van der Waals surface area contributed by atoms with Crippen LogP contribution < -0.4 is 4.90 Å². The summed E-state index contributed by atoms with van der Waals surface area (Å²) in [6.45, 7) is 5.55. The minimum atomic E-state index is 0.946. The SMILES string of the molecule is CSc1nnc(CCCN2CCN(c3ccccc3)CC2)n1-c1ccccc1. The predicted octanol–water partition coefficient (Wildman–Crippen LogP) is 3.74. The summed E-state index contributed by atoms with van der Waals surface area (Å²) in [7, 11) is 0. The van der Waals surface area contributed by atoms with Gasteiger partial charge >= 0.3 is 0 Å². The number of thioether (sulfide) groups is 1. The Bertz CT molecular complexity index is 857. The zero-order valence-corrected chi connectivity index (χ0v) is 17.2. The van der Waals surface area contributed by atoms with Crippen molar-refractivity contribution in [1.82, 2.24) is 19.7 Å². The molecule has 146 valence electrons. The first-order chi connectivity index (χ1) is 13.8. The highest BCUT2D eigenvalue weighted by Gasteiger charge is 2.18. The van der Waals surface area contributed by atoms with E-state index in [4.69, 9.17) is 0 Å². The molecule has 0 N–H and O–H groups in total. The van der Waals surface area contributed by atoms with E-state index in [1.54, 1.807) is 11.8 Å². The van der Waals surface area contributed by atoms with Crippen LogP contribution >= 0.6 is 11.8 Å². The van der Waals surface area contributed by atoms with E-state index in [1.807, 2.05) is 6.07 Å². The number of aryl methyl sites for hydroxylation is 1. The molecule has 5 nitrogen and oxygen atoms in total. The summed E-state index contributed by atoms with van der Waals surface area (Å²) >= 11 is 1.64. The quantitative estimate of drug-likeness (QED) is 0.572. The van der Waals surface area contributed by atoms with Crippen molar-refractivity contribution in [3.63, 3.8) is 0 Å². The maximum atomic E-state index is 4.46. The molecule has 0 bridgehead atoms. The third-order valence-electron chi connectivity index (χ3n) is 5.27. The van der Waals surface area contributed by atoms with Crippen molar-refractivity contribution >= 4 is 17.4 Å². The molecule has 28 heavy (non-hydrogen) atoms. The fraction of sp³-hybridized carbons (Fsp3) is 0.364. The summed E-state index contributed by atoms with van der Waals surface area (Å²) in [5, 5.41) is 9.79. The van der Waals surface area contributed by atoms with Gasteiger partial charge in [-0.15, -0.1) is 10.2 Å². The molecule has 1 saturated heterocycles. The molecular formula is C22H27N5S. The first kappa shape index (κ1) is 19.0. The molecule has 0 unspecified atom stereocenters. The molecule has 0 spiro atoms. The van der Waals surface area contributed by atoms with Crippen LogP contribution in [0.2, 0.25) is 0 Å². The van der Waals surface area contributed by atoms with Gasteiger partial charge in [0.2, 0.25) is 0 Å². The van der Waals surface area contributed by atoms with E-state index in [9.17, 15) is 0 Å². The highest BCUT2D eigenvalue weighted by molar-refractivity contribution is 7.98. The van der Waals surface area contributed by atoms with Crippen molar-refractivity contribution in [1.29, 1.82) is 0 Å². The third-order valence-corrected chi connectivity index (χ3v) is 5.90. The Morgan fingerprint density at radius 3 is 2.11 bits per heavy atom. The van der Waals surface area contributed by atoms with Crippen LogP contribution in [0.15, 0.2) is 65.8 Å². The van der Waals surface area contributed by atoms with Crippen LogP contribution in [0.25, 0.3) is 5.69 Å². The number of piperazine rings is 1. The zero-order chi connectivity index (χ0) is 19.2. The number of hydrogen-bond donors (Lipinski definition) is 0. The van der Waals surface area contributed by atoms with Gasteiger partial charge in [0.05, 0.1) is 0 Å². The van der Waals surface area contributed by atoms with Crippen LogP contribution in [0.5, 0.6) is 0 Å². The Kier molecular flexibility index (Phi) is 6.29. The van der Waals surface area contributed by atoms with E-state index in [0.29, 0.717) is 0 Å². The van der Waals surface area contributed by atoms with E-state index in [1.165, 1.54) is 5.69 Å². The lowest BCUT2D eigenvalue weighted by Crippen LogP contribution is -2.46. The highest BCUT2D eigenvalue weighted by atomic mass is 32.2. The number of rotatable bonds is 7. The van der Waals surface area contributed by atoms with Crippen molar-refractivity contribution in [2.75, 3.05) is 43.9 Å². The maximum absolute atomic E-state index is 4.46. The summed E-state index contributed by atoms with van der Waals surface area (Å²) in [6.07, 6.45) is 4.10. The Labute approximate surface area is 171 Å². The molecule has 0 saturated carbocycles. The van der Waals surface area contributed by atoms with Gasteiger partial charge < -0.3 is 4.90 Å². The molecule has 0 aliphatic carbocycles. The molecule has 0 amide bonds. The number of hydrogen-bond acceptors (Lipinski definition) is 5. The van der Waals surface area contributed by atoms with Gasteiger partial charge in [0.1, 0.15) is 5.82 Å². The van der Waals surface area contributed by atoms with E-state index >= 15 is 0 Å². The second-order valence-corrected chi connectivity index (χ2v) is 7.82. The summed E-state index contributed by atoms with van der Waals surface area (Å²) in [6, 6.07) is 21.1. The number of benzene rings is 2. The van der Waals surface area contributed by atoms with Crippen molar-refractivity contribution < 1.29 is 0 Å². The van der Waals surface area contributed by atoms with Gasteiger partial charge in [-0.25, -0.2) is 0 Å². The Morgan fingerprint density at radius 1 is 0.821 bits per heavy atom. The van der Waals surface area contributed by atoms with Gasteiger partial charge in [-0.05, 0) is 43.5 Å². The summed E-state index contributed by atoms with van der Waals surface area (Å²) in [5.74, 6) is 1.05. The Balaban J connectivity index is 1.31. The van der Waals surface area contributed by atoms with Crippen LogP contribution in [0.1, 0.15) is 12.2 Å². The second-order valence-electron chi connectivity index (χ2n) is 7.04. The van der Waals surface area contributed by atoms with Gasteiger partial charge in [0.25, 0.3) is 0 Å². The first-order valence-corrected chi connectivity index (χ1v) is 11.1. The minimum absolute atomic E-state index is 0.946. The zero-order valence-electron chi connectivity index (χ0n) is 16.4. The highest BCUT2D eigenvalue weighted by Crippen LogP contribution is 2.21. The van der Waals surface area contributed by atoms with Crippen LogP contribution in [0.4, 0.5) is 5.69 Å². The smallest absolute Gasteiger partial charge is 0.195 e. The lowest BCUT2D eigenvalue weighted by Gasteiger charge is -2.36. The molecule has 1 aromatic heterocycles. The number of nitrogens with zero attached hydrogens (tertiary/aromatic N) is 5. The summed E-state index contributed by atoms with van der Waals surface area (Å²) in [4.78, 5) is 5.05. The van der Waals surface area contributed by atoms with Crippen LogP contribution in [0.3, 0.4) is 0 Å².